The Balaban J connectivity index is 1.77. The highest BCUT2D eigenvalue weighted by atomic mass is 35.5. The molecule has 4 rings (SSSR count). The van der Waals surface area contributed by atoms with Crippen LogP contribution in [0.2, 0.25) is 5.02 Å². The number of fused-ring (bicyclic) bond motifs is 1. The van der Waals surface area contributed by atoms with Crippen LogP contribution in [0.25, 0.3) is 16.9 Å². The normalized spacial score (nSPS) is 13.1. The summed E-state index contributed by atoms with van der Waals surface area (Å²) in [4.78, 5) is 20.7. The van der Waals surface area contributed by atoms with Crippen LogP contribution in [0.4, 0.5) is 26.3 Å². The third-order valence-electron chi connectivity index (χ3n) is 4.89. The molecule has 12 heteroatoms. The SMILES string of the molecule is O=C(NC(c1ccccn1)C(F)(F)F)c1nc(-c2ccc(C(F)(F)F)cc2Cl)n2ccccc12. The van der Waals surface area contributed by atoms with E-state index in [0.717, 1.165) is 24.4 Å². The molecule has 0 saturated heterocycles. The number of imidazole rings is 1. The molecule has 1 atom stereocenters. The van der Waals surface area contributed by atoms with Gasteiger partial charge < -0.3 is 5.32 Å². The highest BCUT2D eigenvalue weighted by Crippen LogP contribution is 2.36. The van der Waals surface area contributed by atoms with Crippen molar-refractivity contribution in [3.05, 3.63) is 89.0 Å². The average molecular weight is 499 g/mol. The summed E-state index contributed by atoms with van der Waals surface area (Å²) in [5.41, 5.74) is -1.57. The average Bonchev–Trinajstić information content (AvgIpc) is 3.16. The first-order chi connectivity index (χ1) is 16.0. The maximum atomic E-state index is 13.7. The van der Waals surface area contributed by atoms with Gasteiger partial charge in [0.15, 0.2) is 11.7 Å². The van der Waals surface area contributed by atoms with Crippen LogP contribution in [-0.4, -0.2) is 26.5 Å². The highest BCUT2D eigenvalue weighted by molar-refractivity contribution is 6.33. The molecule has 0 aliphatic rings. The molecule has 0 saturated carbocycles. The van der Waals surface area contributed by atoms with Crippen LogP contribution in [0, 0.1) is 0 Å². The van der Waals surface area contributed by atoms with E-state index in [2.05, 4.69) is 9.97 Å². The molecule has 176 valence electrons. The van der Waals surface area contributed by atoms with Crippen molar-refractivity contribution in [2.75, 3.05) is 0 Å². The molecule has 34 heavy (non-hydrogen) atoms. The predicted octanol–water partition coefficient (Wildman–Crippen LogP) is 6.10. The van der Waals surface area contributed by atoms with E-state index in [9.17, 15) is 31.1 Å². The minimum absolute atomic E-state index is 0.0131. The maximum Gasteiger partial charge on any atom is 0.416 e. The van der Waals surface area contributed by atoms with Gasteiger partial charge in [0.05, 0.1) is 21.8 Å². The number of nitrogens with one attached hydrogen (secondary N) is 1. The summed E-state index contributed by atoms with van der Waals surface area (Å²) in [6.07, 6.45) is -6.85. The number of nitrogens with zero attached hydrogens (tertiary/aromatic N) is 3. The monoisotopic (exact) mass is 498 g/mol. The molecule has 5 nitrogen and oxygen atoms in total. The molecule has 0 fully saturated rings. The molecule has 1 N–H and O–H groups in total. The Morgan fingerprint density at radius 2 is 1.74 bits per heavy atom. The number of pyridine rings is 2. The van der Waals surface area contributed by atoms with Gasteiger partial charge in [-0.2, -0.15) is 26.3 Å². The van der Waals surface area contributed by atoms with E-state index >= 15 is 0 Å². The number of aromatic nitrogens is 3. The summed E-state index contributed by atoms with van der Waals surface area (Å²) in [5, 5.41) is 1.61. The fourth-order valence-corrected chi connectivity index (χ4v) is 3.60. The standard InChI is InChI=1S/C22H13ClF6N4O/c23-14-11-12(21(24,25)26)7-8-13(14)19-31-17(16-6-2-4-10-33(16)19)20(34)32-18(22(27,28)29)15-5-1-3-9-30-15/h1-11,18H,(H,32,34). The van der Waals surface area contributed by atoms with Gasteiger partial charge in [0, 0.05) is 18.0 Å². The molecule has 0 aliphatic carbocycles. The van der Waals surface area contributed by atoms with Gasteiger partial charge in [-0.1, -0.05) is 23.7 Å². The lowest BCUT2D eigenvalue weighted by Gasteiger charge is -2.20. The number of carbonyl (C=O) groups excluding carboxylic acids is 1. The molecular weight excluding hydrogens is 486 g/mol. The molecule has 3 aromatic heterocycles. The van der Waals surface area contributed by atoms with Gasteiger partial charge in [-0.15, -0.1) is 0 Å². The van der Waals surface area contributed by atoms with Gasteiger partial charge in [-0.3, -0.25) is 14.2 Å². The van der Waals surface area contributed by atoms with Gasteiger partial charge in [0.1, 0.15) is 5.82 Å². The van der Waals surface area contributed by atoms with Gasteiger partial charge >= 0.3 is 12.4 Å². The van der Waals surface area contributed by atoms with Gasteiger partial charge in [0.25, 0.3) is 5.91 Å². The fraction of sp³-hybridized carbons (Fsp3) is 0.136. The van der Waals surface area contributed by atoms with Crippen LogP contribution in [0.1, 0.15) is 27.8 Å². The molecule has 0 spiro atoms. The summed E-state index contributed by atoms with van der Waals surface area (Å²) in [5.74, 6) is -1.16. The summed E-state index contributed by atoms with van der Waals surface area (Å²) >= 11 is 6.07. The van der Waals surface area contributed by atoms with Crippen molar-refractivity contribution in [2.45, 2.75) is 18.4 Å². The van der Waals surface area contributed by atoms with Crippen LogP contribution in [0.3, 0.4) is 0 Å². The number of carbonyl (C=O) groups is 1. The maximum absolute atomic E-state index is 13.7. The second kappa shape index (κ2) is 8.64. The summed E-state index contributed by atoms with van der Waals surface area (Å²) in [6, 6.07) is 8.62. The highest BCUT2D eigenvalue weighted by Gasteiger charge is 2.43. The minimum atomic E-state index is -4.85. The number of hydrogen-bond acceptors (Lipinski definition) is 3. The molecule has 0 bridgehead atoms. The Hall–Kier alpha value is -3.60. The zero-order valence-corrected chi connectivity index (χ0v) is 17.6. The Labute approximate surface area is 193 Å². The van der Waals surface area contributed by atoms with Gasteiger partial charge in [-0.25, -0.2) is 4.98 Å². The zero-order chi connectivity index (χ0) is 24.7. The first kappa shape index (κ1) is 23.6. The smallest absolute Gasteiger partial charge is 0.334 e. The Kier molecular flexibility index (Phi) is 5.98. The van der Waals surface area contributed by atoms with Crippen molar-refractivity contribution in [1.82, 2.24) is 19.7 Å². The number of hydrogen-bond donors (Lipinski definition) is 1. The van der Waals surface area contributed by atoms with Crippen LogP contribution in [0.5, 0.6) is 0 Å². The Morgan fingerprint density at radius 1 is 1.00 bits per heavy atom. The number of amides is 1. The summed E-state index contributed by atoms with van der Waals surface area (Å²) < 4.78 is 81.3. The predicted molar refractivity (Wildman–Crippen MR) is 111 cm³/mol. The van der Waals surface area contributed by atoms with Crippen molar-refractivity contribution >= 4 is 23.0 Å². The third kappa shape index (κ3) is 4.56. The van der Waals surface area contributed by atoms with E-state index in [1.807, 2.05) is 5.32 Å². The van der Waals surface area contributed by atoms with Gasteiger partial charge in [-0.05, 0) is 42.5 Å². The van der Waals surface area contributed by atoms with E-state index in [-0.39, 0.29) is 27.6 Å². The third-order valence-corrected chi connectivity index (χ3v) is 5.20. The minimum Gasteiger partial charge on any atom is -0.334 e. The first-order valence-electron chi connectivity index (χ1n) is 9.59. The second-order valence-corrected chi connectivity index (χ2v) is 7.54. The Morgan fingerprint density at radius 3 is 2.35 bits per heavy atom. The van der Waals surface area contributed by atoms with Crippen molar-refractivity contribution in [3.8, 4) is 11.4 Å². The van der Waals surface area contributed by atoms with Crippen LogP contribution in [-0.2, 0) is 6.18 Å². The van der Waals surface area contributed by atoms with Crippen molar-refractivity contribution in [1.29, 1.82) is 0 Å². The lowest BCUT2D eigenvalue weighted by molar-refractivity contribution is -0.156. The summed E-state index contributed by atoms with van der Waals surface area (Å²) in [6.45, 7) is 0. The topological polar surface area (TPSA) is 59.3 Å². The van der Waals surface area contributed by atoms with E-state index < -0.39 is 35.6 Å². The zero-order valence-electron chi connectivity index (χ0n) is 16.8. The van der Waals surface area contributed by atoms with Gasteiger partial charge in [0.2, 0.25) is 0 Å². The van der Waals surface area contributed by atoms with E-state index in [0.29, 0.717) is 6.07 Å². The Bertz CT molecular complexity index is 1350. The van der Waals surface area contributed by atoms with E-state index in [1.165, 1.54) is 34.9 Å². The summed E-state index contributed by atoms with van der Waals surface area (Å²) in [7, 11) is 0. The van der Waals surface area contributed by atoms with Crippen LogP contribution < -0.4 is 5.32 Å². The molecule has 1 aromatic carbocycles. The lowest BCUT2D eigenvalue weighted by Crippen LogP contribution is -2.38. The van der Waals surface area contributed by atoms with Crippen molar-refractivity contribution in [3.63, 3.8) is 0 Å². The van der Waals surface area contributed by atoms with Crippen molar-refractivity contribution in [2.24, 2.45) is 0 Å². The number of benzene rings is 1. The largest absolute Gasteiger partial charge is 0.416 e. The fourth-order valence-electron chi connectivity index (χ4n) is 3.34. The molecule has 0 aliphatic heterocycles. The second-order valence-electron chi connectivity index (χ2n) is 7.13. The number of rotatable bonds is 4. The molecule has 1 amide bonds. The molecule has 1 unspecified atom stereocenters. The first-order valence-corrected chi connectivity index (χ1v) is 9.97. The lowest BCUT2D eigenvalue weighted by atomic mass is 10.1. The van der Waals surface area contributed by atoms with E-state index in [4.69, 9.17) is 11.6 Å². The number of halogens is 7. The van der Waals surface area contributed by atoms with Crippen LogP contribution >= 0.6 is 11.6 Å². The molecular formula is C22H13ClF6N4O. The number of alkyl halides is 6. The quantitative estimate of drug-likeness (QED) is 0.346. The van der Waals surface area contributed by atoms with Crippen LogP contribution in [0.15, 0.2) is 67.0 Å². The molecule has 4 aromatic rings. The van der Waals surface area contributed by atoms with E-state index in [1.54, 1.807) is 6.07 Å². The molecule has 0 radical (unpaired) electrons. The van der Waals surface area contributed by atoms with Crippen molar-refractivity contribution < 1.29 is 31.1 Å². The molecule has 3 heterocycles.